The Morgan fingerprint density at radius 1 is 1.31 bits per heavy atom. The lowest BCUT2D eigenvalue weighted by atomic mass is 10.6. The zero-order valence-corrected chi connectivity index (χ0v) is 10.2. The van der Waals surface area contributed by atoms with Crippen molar-refractivity contribution >= 4 is 22.2 Å². The maximum atomic E-state index is 9.37. The number of alkyl halides is 1. The number of halogens is 1. The third-order valence-electron chi connectivity index (χ3n) is 1.03. The van der Waals surface area contributed by atoms with E-state index in [-0.39, 0.29) is 6.29 Å². The van der Waals surface area contributed by atoms with Gasteiger partial charge in [-0.2, -0.15) is 0 Å². The molecule has 0 bridgehead atoms. The van der Waals surface area contributed by atoms with Gasteiger partial charge in [-0.25, -0.2) is 0 Å². The Bertz CT molecular complexity index is 92.9. The molecule has 0 saturated heterocycles. The van der Waals surface area contributed by atoms with Crippen molar-refractivity contribution in [3.05, 3.63) is 0 Å². The normalized spacial score (nSPS) is 9.31. The Kier molecular flexibility index (Phi) is 17.4. The van der Waals surface area contributed by atoms with Crippen LogP contribution in [0.4, 0.5) is 0 Å². The van der Waals surface area contributed by atoms with Gasteiger partial charge in [0.05, 0.1) is 0 Å². The molecule has 0 aromatic heterocycles. The van der Waals surface area contributed by atoms with Gasteiger partial charge < -0.3 is 14.3 Å². The van der Waals surface area contributed by atoms with Gasteiger partial charge in [0.25, 0.3) is 0 Å². The van der Waals surface area contributed by atoms with E-state index in [4.69, 9.17) is 9.47 Å². The van der Waals surface area contributed by atoms with E-state index in [1.54, 1.807) is 0 Å². The van der Waals surface area contributed by atoms with Gasteiger partial charge in [-0.3, -0.25) is 0 Å². The van der Waals surface area contributed by atoms with E-state index < -0.39 is 0 Å². The summed E-state index contributed by atoms with van der Waals surface area (Å²) in [6, 6.07) is 0. The van der Waals surface area contributed by atoms with Crippen LogP contribution in [0.25, 0.3) is 0 Å². The average molecular weight is 255 g/mol. The molecule has 0 unspecified atom stereocenters. The van der Waals surface area contributed by atoms with E-state index in [9.17, 15) is 4.79 Å². The highest BCUT2D eigenvalue weighted by Gasteiger charge is 1.94. The van der Waals surface area contributed by atoms with E-state index in [2.05, 4.69) is 15.9 Å². The Labute approximate surface area is 88.9 Å². The standard InChI is InChI=1S/C6H14O2.C3H5BrO/c1-4-7-6(3)8-5-2;4-2-1-3-5/h6H,4-5H2,1-3H3;3H,1-2H2. The molecule has 0 atom stereocenters. The lowest BCUT2D eigenvalue weighted by Gasteiger charge is -2.09. The molecule has 0 aliphatic rings. The zero-order valence-electron chi connectivity index (χ0n) is 8.59. The number of ether oxygens (including phenoxy) is 2. The monoisotopic (exact) mass is 254 g/mol. The van der Waals surface area contributed by atoms with Crippen molar-refractivity contribution in [2.75, 3.05) is 18.5 Å². The van der Waals surface area contributed by atoms with E-state index >= 15 is 0 Å². The van der Waals surface area contributed by atoms with E-state index in [0.717, 1.165) is 24.8 Å². The molecule has 13 heavy (non-hydrogen) atoms. The maximum Gasteiger partial charge on any atom is 0.154 e. The molecule has 0 amide bonds. The average Bonchev–Trinajstić information content (AvgIpc) is 2.08. The summed E-state index contributed by atoms with van der Waals surface area (Å²) in [5.41, 5.74) is 0. The van der Waals surface area contributed by atoms with E-state index in [0.29, 0.717) is 6.42 Å². The van der Waals surface area contributed by atoms with Crippen LogP contribution in [-0.4, -0.2) is 31.1 Å². The fourth-order valence-electron chi connectivity index (χ4n) is 0.562. The molecule has 3 nitrogen and oxygen atoms in total. The molecule has 0 radical (unpaired) electrons. The van der Waals surface area contributed by atoms with Crippen molar-refractivity contribution in [3.63, 3.8) is 0 Å². The molecule has 80 valence electrons. The van der Waals surface area contributed by atoms with Gasteiger partial charge in [-0.1, -0.05) is 15.9 Å². The smallest absolute Gasteiger partial charge is 0.154 e. The molecule has 0 fully saturated rings. The van der Waals surface area contributed by atoms with Crippen molar-refractivity contribution in [1.29, 1.82) is 0 Å². The second-order valence-corrected chi connectivity index (χ2v) is 2.92. The highest BCUT2D eigenvalue weighted by Crippen LogP contribution is 1.90. The first kappa shape index (κ1) is 15.5. The Morgan fingerprint density at radius 2 is 1.77 bits per heavy atom. The van der Waals surface area contributed by atoms with Gasteiger partial charge in [0.2, 0.25) is 0 Å². The Morgan fingerprint density at radius 3 is 1.92 bits per heavy atom. The highest BCUT2D eigenvalue weighted by molar-refractivity contribution is 9.09. The molecule has 0 aromatic carbocycles. The minimum absolute atomic E-state index is 0.0370. The topological polar surface area (TPSA) is 35.5 Å². The molecule has 0 aliphatic heterocycles. The van der Waals surface area contributed by atoms with Crippen LogP contribution in [0.3, 0.4) is 0 Å². The third-order valence-corrected chi connectivity index (χ3v) is 1.49. The minimum Gasteiger partial charge on any atom is -0.353 e. The molecule has 0 saturated carbocycles. The summed E-state index contributed by atoms with van der Waals surface area (Å²) in [6.45, 7) is 7.25. The van der Waals surface area contributed by atoms with Gasteiger partial charge in [0.1, 0.15) is 6.29 Å². The second kappa shape index (κ2) is 14.6. The lowest BCUT2D eigenvalue weighted by molar-refractivity contribution is -0.123. The number of hydrogen-bond acceptors (Lipinski definition) is 3. The van der Waals surface area contributed by atoms with Gasteiger partial charge >= 0.3 is 0 Å². The summed E-state index contributed by atoms with van der Waals surface area (Å²) in [6.07, 6.45) is 1.47. The van der Waals surface area contributed by atoms with Gasteiger partial charge in [0, 0.05) is 25.0 Å². The summed E-state index contributed by atoms with van der Waals surface area (Å²) in [4.78, 5) is 9.37. The van der Waals surface area contributed by atoms with Crippen molar-refractivity contribution in [2.45, 2.75) is 33.5 Å². The molecule has 0 aromatic rings. The first-order chi connectivity index (χ1) is 6.22. The fourth-order valence-corrected chi connectivity index (χ4v) is 0.749. The molecule has 0 spiro atoms. The minimum atomic E-state index is -0.0370. The maximum absolute atomic E-state index is 9.37. The molecule has 0 rings (SSSR count). The van der Waals surface area contributed by atoms with Crippen LogP contribution in [-0.2, 0) is 14.3 Å². The number of carbonyl (C=O) groups is 1. The molecule has 0 N–H and O–H groups in total. The zero-order chi connectivity index (χ0) is 10.5. The lowest BCUT2D eigenvalue weighted by Crippen LogP contribution is -2.11. The van der Waals surface area contributed by atoms with Crippen molar-refractivity contribution in [1.82, 2.24) is 0 Å². The van der Waals surface area contributed by atoms with Gasteiger partial charge in [-0.15, -0.1) is 0 Å². The van der Waals surface area contributed by atoms with Crippen molar-refractivity contribution < 1.29 is 14.3 Å². The third kappa shape index (κ3) is 18.8. The van der Waals surface area contributed by atoms with Crippen LogP contribution in [0, 0.1) is 0 Å². The highest BCUT2D eigenvalue weighted by atomic mass is 79.9. The predicted molar refractivity (Wildman–Crippen MR) is 57.2 cm³/mol. The fraction of sp³-hybridized carbons (Fsp3) is 0.889. The first-order valence-corrected chi connectivity index (χ1v) is 5.57. The Hall–Kier alpha value is 0.0700. The summed E-state index contributed by atoms with van der Waals surface area (Å²) in [7, 11) is 0. The quantitative estimate of drug-likeness (QED) is 0.415. The second-order valence-electron chi connectivity index (χ2n) is 2.12. The molecule has 4 heteroatoms. The van der Waals surface area contributed by atoms with Crippen LogP contribution in [0.2, 0.25) is 0 Å². The first-order valence-electron chi connectivity index (χ1n) is 4.45. The molecular weight excluding hydrogens is 236 g/mol. The SMILES string of the molecule is CCOC(C)OCC.O=CCCBr. The number of hydrogen-bond donors (Lipinski definition) is 0. The summed E-state index contributed by atoms with van der Waals surface area (Å²) >= 11 is 3.08. The van der Waals surface area contributed by atoms with Crippen molar-refractivity contribution in [3.8, 4) is 0 Å². The number of aldehydes is 1. The summed E-state index contributed by atoms with van der Waals surface area (Å²) in [5.74, 6) is 0. The number of rotatable bonds is 6. The largest absolute Gasteiger partial charge is 0.353 e. The molecule has 0 heterocycles. The van der Waals surface area contributed by atoms with Crippen LogP contribution < -0.4 is 0 Å². The van der Waals surface area contributed by atoms with Crippen LogP contribution in [0.15, 0.2) is 0 Å². The molecular formula is C9H19BrO3. The van der Waals surface area contributed by atoms with Crippen molar-refractivity contribution in [2.24, 2.45) is 0 Å². The summed E-state index contributed by atoms with van der Waals surface area (Å²) in [5, 5.41) is 0.788. The number of carbonyl (C=O) groups excluding carboxylic acids is 1. The van der Waals surface area contributed by atoms with Crippen LogP contribution in [0.1, 0.15) is 27.2 Å². The van der Waals surface area contributed by atoms with Gasteiger partial charge in [-0.05, 0) is 20.8 Å². The molecule has 0 aliphatic carbocycles. The Balaban J connectivity index is 0. The summed E-state index contributed by atoms with van der Waals surface area (Å²) < 4.78 is 10.1. The van der Waals surface area contributed by atoms with Crippen LogP contribution >= 0.6 is 15.9 Å². The predicted octanol–water partition coefficient (Wildman–Crippen LogP) is 2.38. The van der Waals surface area contributed by atoms with Crippen LogP contribution in [0.5, 0.6) is 0 Å². The van der Waals surface area contributed by atoms with Gasteiger partial charge in [0.15, 0.2) is 6.29 Å². The van der Waals surface area contributed by atoms with E-state index in [1.165, 1.54) is 0 Å². The van der Waals surface area contributed by atoms with E-state index in [1.807, 2.05) is 20.8 Å².